The Morgan fingerprint density at radius 3 is 2.74 bits per heavy atom. The van der Waals surface area contributed by atoms with Gasteiger partial charge in [-0.05, 0) is 36.2 Å². The van der Waals surface area contributed by atoms with Gasteiger partial charge in [-0.2, -0.15) is 10.1 Å². The Morgan fingerprint density at radius 2 is 1.85 bits per heavy atom. The number of aromatic nitrogens is 5. The Labute approximate surface area is 157 Å². The minimum atomic E-state index is 0.446. The average molecular weight is 357 g/mol. The number of nitrogens with one attached hydrogen (secondary N) is 1. The second kappa shape index (κ2) is 7.74. The zero-order valence-corrected chi connectivity index (χ0v) is 14.9. The molecule has 0 spiro atoms. The van der Waals surface area contributed by atoms with Crippen LogP contribution in [0, 0.1) is 0 Å². The van der Waals surface area contributed by atoms with Crippen LogP contribution in [0.1, 0.15) is 5.56 Å². The van der Waals surface area contributed by atoms with Crippen molar-refractivity contribution in [1.29, 1.82) is 0 Å². The molecule has 1 N–H and O–H groups in total. The second-order valence-electron chi connectivity index (χ2n) is 6.17. The van der Waals surface area contributed by atoms with Crippen LogP contribution in [0.4, 0.5) is 17.5 Å². The fourth-order valence-electron chi connectivity index (χ4n) is 2.82. The van der Waals surface area contributed by atoms with Gasteiger partial charge in [0.15, 0.2) is 5.82 Å². The predicted molar refractivity (Wildman–Crippen MR) is 106 cm³/mol. The first-order chi connectivity index (χ1) is 13.3. The smallest absolute Gasteiger partial charge is 0.249 e. The van der Waals surface area contributed by atoms with Crippen LogP contribution in [0.2, 0.25) is 0 Å². The van der Waals surface area contributed by atoms with Crippen LogP contribution in [-0.2, 0) is 6.42 Å². The molecule has 0 bridgehead atoms. The number of benzene rings is 1. The fourth-order valence-corrected chi connectivity index (χ4v) is 2.82. The summed E-state index contributed by atoms with van der Waals surface area (Å²) in [5.41, 5.74) is 2.96. The Bertz CT molecular complexity index is 1030. The van der Waals surface area contributed by atoms with Gasteiger partial charge in [-0.1, -0.05) is 18.2 Å². The molecule has 0 saturated heterocycles. The molecule has 134 valence electrons. The number of nitrogens with zero attached hydrogens (tertiary/aromatic N) is 6. The van der Waals surface area contributed by atoms with E-state index in [4.69, 9.17) is 0 Å². The minimum Gasteiger partial charge on any atom is -0.358 e. The van der Waals surface area contributed by atoms with E-state index < -0.39 is 0 Å². The van der Waals surface area contributed by atoms with Gasteiger partial charge in [-0.15, -0.1) is 5.10 Å². The lowest BCUT2D eigenvalue weighted by atomic mass is 10.2. The van der Waals surface area contributed by atoms with Crippen molar-refractivity contribution in [2.75, 3.05) is 23.8 Å². The molecule has 0 aliphatic rings. The third-order valence-electron chi connectivity index (χ3n) is 4.30. The van der Waals surface area contributed by atoms with Gasteiger partial charge in [0.2, 0.25) is 5.95 Å². The number of rotatable bonds is 6. The maximum atomic E-state index is 4.59. The van der Waals surface area contributed by atoms with Crippen LogP contribution >= 0.6 is 0 Å². The zero-order valence-electron chi connectivity index (χ0n) is 14.9. The van der Waals surface area contributed by atoms with Crippen LogP contribution in [-0.4, -0.2) is 38.7 Å². The van der Waals surface area contributed by atoms with Crippen molar-refractivity contribution in [3.8, 4) is 0 Å². The van der Waals surface area contributed by atoms with Gasteiger partial charge in [0.1, 0.15) is 0 Å². The van der Waals surface area contributed by atoms with Gasteiger partial charge in [0.25, 0.3) is 0 Å². The van der Waals surface area contributed by atoms with Gasteiger partial charge in [-0.25, -0.2) is 0 Å². The lowest BCUT2D eigenvalue weighted by Gasteiger charge is -2.18. The van der Waals surface area contributed by atoms with E-state index in [2.05, 4.69) is 35.4 Å². The number of fused-ring (bicyclic) bond motifs is 1. The van der Waals surface area contributed by atoms with Gasteiger partial charge in [-0.3, -0.25) is 9.97 Å². The van der Waals surface area contributed by atoms with Crippen molar-refractivity contribution in [2.24, 2.45) is 0 Å². The van der Waals surface area contributed by atoms with E-state index in [1.165, 1.54) is 5.56 Å². The third-order valence-corrected chi connectivity index (χ3v) is 4.30. The highest BCUT2D eigenvalue weighted by molar-refractivity contribution is 5.91. The van der Waals surface area contributed by atoms with Crippen LogP contribution < -0.4 is 10.2 Å². The average Bonchev–Trinajstić information content (AvgIpc) is 2.73. The van der Waals surface area contributed by atoms with Crippen molar-refractivity contribution in [2.45, 2.75) is 6.42 Å². The standard InChI is InChI=1S/C20H19N7/c1-27(13-9-15-7-11-21-12-8-15)18-14-23-26-20(25-18)24-17-6-2-4-16-5-3-10-22-19(16)17/h2-8,10-12,14H,9,13H2,1H3,(H,24,25,26). The predicted octanol–water partition coefficient (Wildman–Crippen LogP) is 3.24. The Morgan fingerprint density at radius 1 is 1.00 bits per heavy atom. The Balaban J connectivity index is 1.50. The number of hydrogen-bond donors (Lipinski definition) is 1. The van der Waals surface area contributed by atoms with E-state index >= 15 is 0 Å². The molecular formula is C20H19N7. The Hall–Kier alpha value is -3.61. The minimum absolute atomic E-state index is 0.446. The molecule has 0 radical (unpaired) electrons. The molecule has 0 fully saturated rings. The molecule has 0 aliphatic carbocycles. The molecule has 7 nitrogen and oxygen atoms in total. The highest BCUT2D eigenvalue weighted by Gasteiger charge is 2.08. The first-order valence-electron chi connectivity index (χ1n) is 8.70. The molecule has 0 saturated carbocycles. The summed E-state index contributed by atoms with van der Waals surface area (Å²) in [5, 5.41) is 12.5. The highest BCUT2D eigenvalue weighted by atomic mass is 15.3. The molecule has 0 amide bonds. The van der Waals surface area contributed by atoms with E-state index in [1.807, 2.05) is 61.9 Å². The second-order valence-corrected chi connectivity index (χ2v) is 6.17. The quantitative estimate of drug-likeness (QED) is 0.567. The summed E-state index contributed by atoms with van der Waals surface area (Å²) >= 11 is 0. The summed E-state index contributed by atoms with van der Waals surface area (Å²) < 4.78 is 0. The lowest BCUT2D eigenvalue weighted by molar-refractivity contribution is 0.840. The first kappa shape index (κ1) is 16.8. The molecular weight excluding hydrogens is 338 g/mol. The zero-order chi connectivity index (χ0) is 18.5. The van der Waals surface area contributed by atoms with Crippen molar-refractivity contribution < 1.29 is 0 Å². The number of para-hydroxylation sites is 1. The van der Waals surface area contributed by atoms with Crippen LogP contribution in [0.15, 0.2) is 67.3 Å². The molecule has 3 aromatic heterocycles. The molecule has 4 rings (SSSR count). The molecule has 4 aromatic rings. The summed E-state index contributed by atoms with van der Waals surface area (Å²) in [5.74, 6) is 1.20. The topological polar surface area (TPSA) is 79.7 Å². The monoisotopic (exact) mass is 357 g/mol. The van der Waals surface area contributed by atoms with E-state index in [0.29, 0.717) is 5.95 Å². The number of likely N-dealkylation sites (N-methyl/N-ethyl adjacent to an activating group) is 1. The molecule has 3 heterocycles. The molecule has 0 atom stereocenters. The van der Waals surface area contributed by atoms with E-state index in [-0.39, 0.29) is 0 Å². The van der Waals surface area contributed by atoms with E-state index in [0.717, 1.165) is 35.4 Å². The van der Waals surface area contributed by atoms with Gasteiger partial charge >= 0.3 is 0 Å². The summed E-state index contributed by atoms with van der Waals surface area (Å²) in [7, 11) is 1.99. The highest BCUT2D eigenvalue weighted by Crippen LogP contribution is 2.23. The van der Waals surface area contributed by atoms with Gasteiger partial charge in [0.05, 0.1) is 17.4 Å². The largest absolute Gasteiger partial charge is 0.358 e. The maximum absolute atomic E-state index is 4.59. The molecule has 7 heteroatoms. The normalized spacial score (nSPS) is 10.7. The Kier molecular flexibility index (Phi) is 4.82. The molecule has 0 unspecified atom stereocenters. The SMILES string of the molecule is CN(CCc1ccncc1)c1cnnc(Nc2cccc3cccnc23)n1. The van der Waals surface area contributed by atoms with Gasteiger partial charge in [0, 0.05) is 37.6 Å². The van der Waals surface area contributed by atoms with Crippen molar-refractivity contribution in [3.63, 3.8) is 0 Å². The first-order valence-corrected chi connectivity index (χ1v) is 8.70. The van der Waals surface area contributed by atoms with E-state index in [9.17, 15) is 0 Å². The summed E-state index contributed by atoms with van der Waals surface area (Å²) in [6.45, 7) is 0.817. The maximum Gasteiger partial charge on any atom is 0.249 e. The van der Waals surface area contributed by atoms with Crippen molar-refractivity contribution in [3.05, 3.63) is 72.8 Å². The summed E-state index contributed by atoms with van der Waals surface area (Å²) in [4.78, 5) is 15.1. The lowest BCUT2D eigenvalue weighted by Crippen LogP contribution is -2.22. The van der Waals surface area contributed by atoms with Crippen LogP contribution in [0.25, 0.3) is 10.9 Å². The molecule has 1 aromatic carbocycles. The summed E-state index contributed by atoms with van der Waals surface area (Å²) in [6.07, 6.45) is 7.96. The fraction of sp³-hybridized carbons (Fsp3) is 0.150. The summed E-state index contributed by atoms with van der Waals surface area (Å²) in [6, 6.07) is 13.9. The van der Waals surface area contributed by atoms with Crippen LogP contribution in [0.5, 0.6) is 0 Å². The number of anilines is 3. The number of hydrogen-bond acceptors (Lipinski definition) is 7. The molecule has 0 aliphatic heterocycles. The third kappa shape index (κ3) is 3.98. The molecule has 27 heavy (non-hydrogen) atoms. The van der Waals surface area contributed by atoms with E-state index in [1.54, 1.807) is 12.4 Å². The van der Waals surface area contributed by atoms with Crippen molar-refractivity contribution >= 4 is 28.4 Å². The van der Waals surface area contributed by atoms with Gasteiger partial charge < -0.3 is 10.2 Å². The van der Waals surface area contributed by atoms with Crippen molar-refractivity contribution in [1.82, 2.24) is 25.1 Å². The number of pyridine rings is 2. The van der Waals surface area contributed by atoms with Crippen LogP contribution in [0.3, 0.4) is 0 Å².